The first-order valence-corrected chi connectivity index (χ1v) is 19.8. The summed E-state index contributed by atoms with van der Waals surface area (Å²) < 4.78 is 4.92. The third-order valence-electron chi connectivity index (χ3n) is 11.7. The molecule has 1 aliphatic carbocycles. The molecule has 3 aromatic heterocycles. The highest BCUT2D eigenvalue weighted by Gasteiger charge is 2.32. The molecule has 0 N–H and O–H groups in total. The van der Waals surface area contributed by atoms with Crippen molar-refractivity contribution in [3.8, 4) is 78.8 Å². The Labute approximate surface area is 335 Å². The number of benzene rings is 8. The third kappa shape index (κ3) is 4.82. The molecular formula is C54H34N4. The Hall–Kier alpha value is -7.82. The monoisotopic (exact) mass is 738 g/mol. The summed E-state index contributed by atoms with van der Waals surface area (Å²) in [4.78, 5) is 10.6. The summed E-state index contributed by atoms with van der Waals surface area (Å²) in [5.41, 5.74) is 17.8. The molecule has 1 aliphatic rings. The van der Waals surface area contributed by atoms with Gasteiger partial charge in [-0.1, -0.05) is 158 Å². The van der Waals surface area contributed by atoms with Crippen LogP contribution < -0.4 is 0 Å². The molecule has 12 rings (SSSR count). The predicted octanol–water partition coefficient (Wildman–Crippen LogP) is 13.8. The maximum Gasteiger partial charge on any atom is 0.160 e. The highest BCUT2D eigenvalue weighted by Crippen LogP contribution is 2.55. The van der Waals surface area contributed by atoms with E-state index < -0.39 is 0 Å². The highest BCUT2D eigenvalue weighted by molar-refractivity contribution is 6.17. The normalized spacial score (nSPS) is 11.8. The van der Waals surface area contributed by atoms with Gasteiger partial charge in [-0.25, -0.2) is 9.97 Å². The van der Waals surface area contributed by atoms with Crippen molar-refractivity contribution >= 4 is 32.7 Å². The van der Waals surface area contributed by atoms with Crippen LogP contribution in [0.3, 0.4) is 0 Å². The average Bonchev–Trinajstić information content (AvgIpc) is 3.82. The SMILES string of the molecule is c1ccc(-c2nc(-c3ccc4c(c3)-c3c(n(-c5ccccc5)c5ccccc35)-c3ccccc3-c3c-4c4ccccc4n3-c3ccccc3)nc3ccccc23)cc1. The minimum atomic E-state index is 0.697. The van der Waals surface area contributed by atoms with Crippen LogP contribution in [0.4, 0.5) is 0 Å². The fraction of sp³-hybridized carbons (Fsp3) is 0. The number of hydrogen-bond donors (Lipinski definition) is 0. The number of nitrogens with zero attached hydrogens (tertiary/aromatic N) is 4. The van der Waals surface area contributed by atoms with E-state index >= 15 is 0 Å². The summed E-state index contributed by atoms with van der Waals surface area (Å²) >= 11 is 0. The minimum Gasteiger partial charge on any atom is -0.309 e. The standard InChI is InChI=1S/C54H34N4/c1-4-18-35(19-5-1)51-42-26-12-15-29-46(42)55-54(56-51)36-32-33-39-45(34-36)50-44-28-14-17-31-48(44)58(38-22-8-3-9-23-38)53(50)41-25-11-10-24-40(41)52-49(39)43-27-13-16-30-47(43)57(52)37-20-6-2-7-21-37/h1-34H. The molecule has 0 aliphatic heterocycles. The molecule has 58 heavy (non-hydrogen) atoms. The fourth-order valence-electron chi connectivity index (χ4n) is 9.25. The van der Waals surface area contributed by atoms with Crippen LogP contribution in [0.15, 0.2) is 206 Å². The molecule has 0 saturated carbocycles. The Morgan fingerprint density at radius 1 is 0.328 bits per heavy atom. The van der Waals surface area contributed by atoms with Crippen LogP contribution in [-0.2, 0) is 0 Å². The van der Waals surface area contributed by atoms with Crippen molar-refractivity contribution < 1.29 is 0 Å². The van der Waals surface area contributed by atoms with E-state index in [1.165, 1.54) is 44.3 Å². The summed E-state index contributed by atoms with van der Waals surface area (Å²) in [7, 11) is 0. The first-order valence-electron chi connectivity index (χ1n) is 19.8. The lowest BCUT2D eigenvalue weighted by Crippen LogP contribution is -2.04. The molecule has 270 valence electrons. The molecule has 4 nitrogen and oxygen atoms in total. The maximum absolute atomic E-state index is 5.36. The minimum absolute atomic E-state index is 0.697. The van der Waals surface area contributed by atoms with Gasteiger partial charge in [-0.05, 0) is 59.7 Å². The molecule has 0 atom stereocenters. The summed E-state index contributed by atoms with van der Waals surface area (Å²) in [6.45, 7) is 0. The molecular weight excluding hydrogens is 705 g/mol. The Bertz CT molecular complexity index is 3380. The topological polar surface area (TPSA) is 35.6 Å². The molecule has 0 spiro atoms. The second kappa shape index (κ2) is 12.9. The van der Waals surface area contributed by atoms with E-state index in [4.69, 9.17) is 9.97 Å². The molecule has 4 heteroatoms. The van der Waals surface area contributed by atoms with E-state index in [9.17, 15) is 0 Å². The lowest BCUT2D eigenvalue weighted by Gasteiger charge is -2.23. The van der Waals surface area contributed by atoms with Crippen LogP contribution >= 0.6 is 0 Å². The van der Waals surface area contributed by atoms with Crippen LogP contribution in [0, 0.1) is 0 Å². The molecule has 0 amide bonds. The predicted molar refractivity (Wildman–Crippen MR) is 239 cm³/mol. The van der Waals surface area contributed by atoms with E-state index in [0.29, 0.717) is 5.82 Å². The van der Waals surface area contributed by atoms with E-state index in [1.54, 1.807) is 0 Å². The van der Waals surface area contributed by atoms with Gasteiger partial charge in [0.25, 0.3) is 0 Å². The van der Waals surface area contributed by atoms with Crippen LogP contribution in [0.1, 0.15) is 0 Å². The summed E-state index contributed by atoms with van der Waals surface area (Å²) in [6, 6.07) is 73.9. The zero-order valence-corrected chi connectivity index (χ0v) is 31.4. The van der Waals surface area contributed by atoms with Gasteiger partial charge in [-0.2, -0.15) is 0 Å². The zero-order chi connectivity index (χ0) is 38.2. The van der Waals surface area contributed by atoms with Crippen LogP contribution in [0.2, 0.25) is 0 Å². The van der Waals surface area contributed by atoms with Crippen molar-refractivity contribution in [3.05, 3.63) is 206 Å². The Kier molecular flexibility index (Phi) is 7.20. The van der Waals surface area contributed by atoms with Crippen molar-refractivity contribution in [1.82, 2.24) is 19.1 Å². The van der Waals surface area contributed by atoms with Crippen molar-refractivity contribution in [3.63, 3.8) is 0 Å². The summed E-state index contributed by atoms with van der Waals surface area (Å²) in [5, 5.41) is 3.43. The van der Waals surface area contributed by atoms with Gasteiger partial charge in [0.15, 0.2) is 5.82 Å². The van der Waals surface area contributed by atoms with E-state index in [2.05, 4.69) is 209 Å². The summed E-state index contributed by atoms with van der Waals surface area (Å²) in [5.74, 6) is 0.697. The molecule has 3 heterocycles. The van der Waals surface area contributed by atoms with Gasteiger partial charge in [0, 0.05) is 60.9 Å². The first-order chi connectivity index (χ1) is 28.8. The Balaban J connectivity index is 1.26. The maximum atomic E-state index is 5.36. The second-order valence-electron chi connectivity index (χ2n) is 14.9. The van der Waals surface area contributed by atoms with Crippen molar-refractivity contribution in [1.29, 1.82) is 0 Å². The number of hydrogen-bond acceptors (Lipinski definition) is 2. The van der Waals surface area contributed by atoms with Gasteiger partial charge in [0.1, 0.15) is 0 Å². The van der Waals surface area contributed by atoms with Crippen LogP contribution in [0.5, 0.6) is 0 Å². The highest BCUT2D eigenvalue weighted by atomic mass is 15.0. The first kappa shape index (κ1) is 32.4. The van der Waals surface area contributed by atoms with Crippen molar-refractivity contribution in [2.24, 2.45) is 0 Å². The summed E-state index contributed by atoms with van der Waals surface area (Å²) in [6.07, 6.45) is 0. The number of aromatic nitrogens is 4. The van der Waals surface area contributed by atoms with E-state index in [1.807, 2.05) is 6.07 Å². The van der Waals surface area contributed by atoms with Crippen LogP contribution in [-0.4, -0.2) is 19.1 Å². The van der Waals surface area contributed by atoms with Crippen LogP contribution in [0.25, 0.3) is 111 Å². The number of para-hydroxylation sites is 5. The fourth-order valence-corrected chi connectivity index (χ4v) is 9.25. The van der Waals surface area contributed by atoms with Gasteiger partial charge in [-0.3, -0.25) is 0 Å². The van der Waals surface area contributed by atoms with Gasteiger partial charge in [0.2, 0.25) is 0 Å². The Morgan fingerprint density at radius 3 is 1.41 bits per heavy atom. The smallest absolute Gasteiger partial charge is 0.160 e. The molecule has 0 radical (unpaired) electrons. The molecule has 0 saturated heterocycles. The third-order valence-corrected chi connectivity index (χ3v) is 11.7. The van der Waals surface area contributed by atoms with Gasteiger partial charge in [0.05, 0.1) is 33.6 Å². The molecule has 11 aromatic rings. The Morgan fingerprint density at radius 2 is 0.810 bits per heavy atom. The lowest BCUT2D eigenvalue weighted by atomic mass is 9.83. The second-order valence-corrected chi connectivity index (χ2v) is 14.9. The molecule has 0 unspecified atom stereocenters. The quantitative estimate of drug-likeness (QED) is 0.180. The number of fused-ring (bicyclic) bond motifs is 13. The molecule has 0 bridgehead atoms. The van der Waals surface area contributed by atoms with E-state index in [-0.39, 0.29) is 0 Å². The van der Waals surface area contributed by atoms with Gasteiger partial charge >= 0.3 is 0 Å². The molecule has 8 aromatic carbocycles. The molecule has 0 fully saturated rings. The zero-order valence-electron chi connectivity index (χ0n) is 31.4. The van der Waals surface area contributed by atoms with Gasteiger partial charge < -0.3 is 9.13 Å². The van der Waals surface area contributed by atoms with E-state index in [0.717, 1.165) is 61.4 Å². The lowest BCUT2D eigenvalue weighted by molar-refractivity contribution is 1.12. The van der Waals surface area contributed by atoms with Crippen molar-refractivity contribution in [2.45, 2.75) is 0 Å². The average molecular weight is 739 g/mol. The van der Waals surface area contributed by atoms with Crippen molar-refractivity contribution in [2.75, 3.05) is 0 Å². The largest absolute Gasteiger partial charge is 0.309 e. The van der Waals surface area contributed by atoms with Gasteiger partial charge in [-0.15, -0.1) is 0 Å². The number of rotatable bonds is 4.